The number of rotatable bonds is 7. The van der Waals surface area contributed by atoms with E-state index in [-0.39, 0.29) is 11.5 Å². The van der Waals surface area contributed by atoms with Gasteiger partial charge in [-0.3, -0.25) is 14.5 Å². The lowest BCUT2D eigenvalue weighted by molar-refractivity contribution is -0.146. The summed E-state index contributed by atoms with van der Waals surface area (Å²) in [4.78, 5) is 49.9. The van der Waals surface area contributed by atoms with E-state index in [1.807, 2.05) is 6.92 Å². The van der Waals surface area contributed by atoms with Gasteiger partial charge in [0.05, 0.1) is 7.11 Å². The van der Waals surface area contributed by atoms with Crippen LogP contribution in [0.4, 0.5) is 13.6 Å². The minimum absolute atomic E-state index is 0.249. The number of imide groups is 1. The average Bonchev–Trinajstić information content (AvgIpc) is 2.90. The highest BCUT2D eigenvalue weighted by Crippen LogP contribution is 2.31. The third-order valence-electron chi connectivity index (χ3n) is 5.03. The van der Waals surface area contributed by atoms with Gasteiger partial charge in [0.2, 0.25) is 5.91 Å². The number of carbonyl (C=O) groups excluding carboxylic acids is 4. The first kappa shape index (κ1) is 22.3. The molecule has 4 amide bonds. The van der Waals surface area contributed by atoms with Crippen molar-refractivity contribution in [3.63, 3.8) is 0 Å². The van der Waals surface area contributed by atoms with Crippen molar-refractivity contribution >= 4 is 23.8 Å². The summed E-state index contributed by atoms with van der Waals surface area (Å²) in [6, 6.07) is 0.654. The topological polar surface area (TPSA) is 105 Å². The molecule has 29 heavy (non-hydrogen) atoms. The fourth-order valence-corrected chi connectivity index (χ4v) is 3.06. The summed E-state index contributed by atoms with van der Waals surface area (Å²) in [6.07, 6.45) is 0.570. The highest BCUT2D eigenvalue weighted by molar-refractivity contribution is 6.09. The molecule has 1 saturated heterocycles. The third kappa shape index (κ3) is 4.36. The molecule has 10 heteroatoms. The van der Waals surface area contributed by atoms with Crippen molar-refractivity contribution in [2.24, 2.45) is 5.92 Å². The van der Waals surface area contributed by atoms with E-state index in [1.165, 1.54) is 14.0 Å². The van der Waals surface area contributed by atoms with Crippen molar-refractivity contribution < 1.29 is 32.7 Å². The summed E-state index contributed by atoms with van der Waals surface area (Å²) < 4.78 is 32.4. The molecule has 0 saturated carbocycles. The molecule has 2 rings (SSSR count). The number of hydrogen-bond acceptors (Lipinski definition) is 5. The van der Waals surface area contributed by atoms with E-state index in [9.17, 15) is 28.0 Å². The number of nitrogens with zero attached hydrogens (tertiary/aromatic N) is 1. The van der Waals surface area contributed by atoms with E-state index >= 15 is 0 Å². The van der Waals surface area contributed by atoms with Crippen molar-refractivity contribution in [1.29, 1.82) is 0 Å². The van der Waals surface area contributed by atoms with E-state index < -0.39 is 53.6 Å². The summed E-state index contributed by atoms with van der Waals surface area (Å²) in [6.45, 7) is 4.09. The Kier molecular flexibility index (Phi) is 6.55. The molecular formula is C19H23F2N3O5. The molecule has 0 aromatic heterocycles. The van der Waals surface area contributed by atoms with Gasteiger partial charge >= 0.3 is 12.0 Å². The minimum atomic E-state index is -1.87. The van der Waals surface area contributed by atoms with Crippen LogP contribution in [-0.4, -0.2) is 48.4 Å². The molecule has 158 valence electrons. The van der Waals surface area contributed by atoms with Gasteiger partial charge < -0.3 is 15.4 Å². The summed E-state index contributed by atoms with van der Waals surface area (Å²) in [7, 11) is 1.18. The molecule has 0 unspecified atom stereocenters. The van der Waals surface area contributed by atoms with Gasteiger partial charge in [0.15, 0.2) is 0 Å². The third-order valence-corrected chi connectivity index (χ3v) is 5.03. The van der Waals surface area contributed by atoms with Gasteiger partial charge in [-0.05, 0) is 31.0 Å². The molecule has 1 heterocycles. The molecule has 0 aliphatic carbocycles. The van der Waals surface area contributed by atoms with Crippen LogP contribution in [0.15, 0.2) is 18.2 Å². The van der Waals surface area contributed by atoms with Crippen LogP contribution < -0.4 is 10.6 Å². The van der Waals surface area contributed by atoms with Gasteiger partial charge in [-0.1, -0.05) is 20.3 Å². The first-order valence-electron chi connectivity index (χ1n) is 9.02. The quantitative estimate of drug-likeness (QED) is 0.522. The maximum Gasteiger partial charge on any atom is 0.328 e. The van der Waals surface area contributed by atoms with E-state index in [2.05, 4.69) is 15.4 Å². The predicted molar refractivity (Wildman–Crippen MR) is 97.4 cm³/mol. The van der Waals surface area contributed by atoms with Crippen LogP contribution in [0.5, 0.6) is 0 Å². The first-order chi connectivity index (χ1) is 13.5. The zero-order valence-electron chi connectivity index (χ0n) is 16.5. The zero-order valence-corrected chi connectivity index (χ0v) is 16.5. The summed E-state index contributed by atoms with van der Waals surface area (Å²) in [5, 5.41) is 4.75. The molecule has 1 aromatic carbocycles. The Balaban J connectivity index is 2.20. The Morgan fingerprint density at radius 2 is 1.97 bits per heavy atom. The number of urea groups is 1. The van der Waals surface area contributed by atoms with Crippen LogP contribution in [0.1, 0.15) is 32.8 Å². The Hall–Kier alpha value is -3.04. The number of halogens is 2. The monoisotopic (exact) mass is 411 g/mol. The minimum Gasteiger partial charge on any atom is -0.467 e. The van der Waals surface area contributed by atoms with Crippen LogP contribution >= 0.6 is 0 Å². The maximum absolute atomic E-state index is 14.2. The molecule has 0 radical (unpaired) electrons. The molecule has 0 bridgehead atoms. The summed E-state index contributed by atoms with van der Waals surface area (Å²) in [5.74, 6) is -4.25. The fourth-order valence-electron chi connectivity index (χ4n) is 3.06. The number of nitrogens with one attached hydrogen (secondary N) is 2. The van der Waals surface area contributed by atoms with Crippen molar-refractivity contribution in [3.8, 4) is 0 Å². The number of esters is 1. The predicted octanol–water partition coefficient (Wildman–Crippen LogP) is 1.44. The van der Waals surface area contributed by atoms with Gasteiger partial charge in [0.1, 0.15) is 29.8 Å². The number of carbonyl (C=O) groups is 4. The normalized spacial score (nSPS) is 20.8. The van der Waals surface area contributed by atoms with Gasteiger partial charge in [0.25, 0.3) is 5.91 Å². The summed E-state index contributed by atoms with van der Waals surface area (Å²) >= 11 is 0. The van der Waals surface area contributed by atoms with Gasteiger partial charge in [-0.2, -0.15) is 0 Å². The maximum atomic E-state index is 14.2. The van der Waals surface area contributed by atoms with Crippen molar-refractivity contribution in [2.45, 2.75) is 38.8 Å². The van der Waals surface area contributed by atoms with Crippen LogP contribution in [0.25, 0.3) is 0 Å². The highest BCUT2D eigenvalue weighted by atomic mass is 19.1. The Labute approximate surface area is 166 Å². The molecule has 2 N–H and O–H groups in total. The molecule has 3 atom stereocenters. The largest absolute Gasteiger partial charge is 0.467 e. The van der Waals surface area contributed by atoms with Gasteiger partial charge in [-0.15, -0.1) is 0 Å². The molecule has 0 spiro atoms. The van der Waals surface area contributed by atoms with Crippen molar-refractivity contribution in [1.82, 2.24) is 15.5 Å². The number of methoxy groups -OCH3 is 1. The SMILES string of the molecule is CC[C@H](C)[C@H](NC(=O)CN1C(=O)N[C@](C)(c2cc(F)ccc2F)C1=O)C(=O)OC. The van der Waals surface area contributed by atoms with E-state index in [0.717, 1.165) is 18.2 Å². The second-order valence-electron chi connectivity index (χ2n) is 7.02. The molecule has 1 aliphatic heterocycles. The lowest BCUT2D eigenvalue weighted by Gasteiger charge is -2.24. The average molecular weight is 411 g/mol. The Bertz CT molecular complexity index is 847. The molecule has 1 aliphatic rings. The summed E-state index contributed by atoms with van der Waals surface area (Å²) in [5.41, 5.74) is -2.23. The zero-order chi connectivity index (χ0) is 21.9. The van der Waals surface area contributed by atoms with Gasteiger partial charge in [-0.25, -0.2) is 18.4 Å². The van der Waals surface area contributed by atoms with Crippen LogP contribution in [0, 0.1) is 17.6 Å². The van der Waals surface area contributed by atoms with Gasteiger partial charge in [0, 0.05) is 5.56 Å². The molecule has 1 aromatic rings. The lowest BCUT2D eigenvalue weighted by atomic mass is 9.91. The van der Waals surface area contributed by atoms with Crippen LogP contribution in [0.2, 0.25) is 0 Å². The van der Waals surface area contributed by atoms with E-state index in [1.54, 1.807) is 6.92 Å². The van der Waals surface area contributed by atoms with Crippen LogP contribution in [-0.2, 0) is 24.7 Å². The first-order valence-corrected chi connectivity index (χ1v) is 9.02. The molecule has 1 fully saturated rings. The smallest absolute Gasteiger partial charge is 0.328 e. The van der Waals surface area contributed by atoms with Crippen LogP contribution in [0.3, 0.4) is 0 Å². The Morgan fingerprint density at radius 1 is 1.31 bits per heavy atom. The van der Waals surface area contributed by atoms with Crippen molar-refractivity contribution in [2.75, 3.05) is 13.7 Å². The van der Waals surface area contributed by atoms with E-state index in [4.69, 9.17) is 0 Å². The lowest BCUT2D eigenvalue weighted by Crippen LogP contribution is -2.50. The second-order valence-corrected chi connectivity index (χ2v) is 7.02. The number of amides is 4. The Morgan fingerprint density at radius 3 is 2.55 bits per heavy atom. The molecular weight excluding hydrogens is 388 g/mol. The number of benzene rings is 1. The van der Waals surface area contributed by atoms with Crippen molar-refractivity contribution in [3.05, 3.63) is 35.4 Å². The fraction of sp³-hybridized carbons (Fsp3) is 0.474. The second kappa shape index (κ2) is 8.54. The standard InChI is InChI=1S/C19H23F2N3O5/c1-5-10(2)15(16(26)29-4)22-14(25)9-24-17(27)19(3,23-18(24)28)12-8-11(20)6-7-13(12)21/h6-8,10,15H,5,9H2,1-4H3,(H,22,25)(H,23,28)/t10-,15-,19+/m0/s1. The number of ether oxygens (including phenoxy) is 1. The van der Waals surface area contributed by atoms with E-state index in [0.29, 0.717) is 11.3 Å². The number of hydrogen-bond donors (Lipinski definition) is 2. The molecule has 8 nitrogen and oxygen atoms in total. The highest BCUT2D eigenvalue weighted by Gasteiger charge is 2.51.